The van der Waals surface area contributed by atoms with Crippen LogP contribution < -0.4 is 0 Å². The molecule has 0 radical (unpaired) electrons. The second-order valence-corrected chi connectivity index (χ2v) is 0.974. The van der Waals surface area contributed by atoms with E-state index < -0.39 is 0 Å². The van der Waals surface area contributed by atoms with Crippen molar-refractivity contribution in [2.45, 2.75) is 0 Å². The van der Waals surface area contributed by atoms with E-state index in [0.717, 1.165) is 0 Å². The zero-order chi connectivity index (χ0) is 4.41. The summed E-state index contributed by atoms with van der Waals surface area (Å²) in [6.45, 7) is 0.125. The van der Waals surface area contributed by atoms with Crippen molar-refractivity contribution < 1.29 is 9.63 Å². The first-order valence-electron chi connectivity index (χ1n) is 1.58. The Kier molecular flexibility index (Phi) is 0.602. The molecule has 0 saturated carbocycles. The molecule has 0 aromatic rings. The quantitative estimate of drug-likeness (QED) is 0.400. The van der Waals surface area contributed by atoms with Crippen molar-refractivity contribution in [2.75, 3.05) is 6.61 Å². The summed E-state index contributed by atoms with van der Waals surface area (Å²) in [7, 11) is 0. The van der Waals surface area contributed by atoms with Crippen LogP contribution in [0.3, 0.4) is 0 Å². The minimum atomic E-state index is -0.0602. The number of hydrogen-bond acceptors (Lipinski definition) is 3. The van der Waals surface area contributed by atoms with E-state index in [2.05, 4.69) is 9.99 Å². The zero-order valence-electron chi connectivity index (χ0n) is 3.05. The van der Waals surface area contributed by atoms with Crippen LogP contribution in [0.5, 0.6) is 0 Å². The molecule has 3 heteroatoms. The molecule has 0 fully saturated rings. The molecule has 0 amide bonds. The van der Waals surface area contributed by atoms with Gasteiger partial charge in [0, 0.05) is 0 Å². The lowest BCUT2D eigenvalue weighted by atomic mass is 10.5. The number of ketones is 1. The second kappa shape index (κ2) is 1.08. The molecule has 0 aromatic carbocycles. The maximum absolute atomic E-state index is 9.97. The van der Waals surface area contributed by atoms with Gasteiger partial charge in [0.1, 0.15) is 6.21 Å². The van der Waals surface area contributed by atoms with Gasteiger partial charge in [-0.3, -0.25) is 4.79 Å². The summed E-state index contributed by atoms with van der Waals surface area (Å²) in [5.41, 5.74) is 0. The van der Waals surface area contributed by atoms with Crippen LogP contribution in [0.2, 0.25) is 0 Å². The minimum Gasteiger partial charge on any atom is -0.387 e. The molecule has 1 heterocycles. The Morgan fingerprint density at radius 3 is 3.00 bits per heavy atom. The highest BCUT2D eigenvalue weighted by atomic mass is 16.6. The van der Waals surface area contributed by atoms with Gasteiger partial charge in [-0.25, -0.2) is 0 Å². The Morgan fingerprint density at radius 1 is 2.00 bits per heavy atom. The van der Waals surface area contributed by atoms with Crippen molar-refractivity contribution in [3.05, 3.63) is 0 Å². The van der Waals surface area contributed by atoms with E-state index in [-0.39, 0.29) is 12.4 Å². The summed E-state index contributed by atoms with van der Waals surface area (Å²) in [5, 5.41) is 3.19. The smallest absolute Gasteiger partial charge is 0.217 e. The molecule has 0 bridgehead atoms. The van der Waals surface area contributed by atoms with Gasteiger partial charge in [0.2, 0.25) is 5.78 Å². The van der Waals surface area contributed by atoms with Gasteiger partial charge in [-0.2, -0.15) is 0 Å². The Hall–Kier alpha value is -0.860. The predicted molar refractivity (Wildman–Crippen MR) is 19.5 cm³/mol. The van der Waals surface area contributed by atoms with Gasteiger partial charge >= 0.3 is 0 Å². The van der Waals surface area contributed by atoms with E-state index in [1.54, 1.807) is 0 Å². The number of rotatable bonds is 0. The van der Waals surface area contributed by atoms with Crippen LogP contribution in [-0.4, -0.2) is 18.6 Å². The van der Waals surface area contributed by atoms with Gasteiger partial charge in [-0.15, -0.1) is 0 Å². The average Bonchev–Trinajstić information content (AvgIpc) is 1.86. The standard InChI is InChI=1S/C3H3NO2/c5-3-1-4-6-2-3/h1H,2H2. The fraction of sp³-hybridized carbons (Fsp3) is 0.333. The molecule has 0 N–H and O–H groups in total. The molecule has 1 rings (SSSR count). The molecule has 1 aliphatic heterocycles. The minimum absolute atomic E-state index is 0.0602. The van der Waals surface area contributed by atoms with Gasteiger partial charge in [-0.05, 0) is 0 Å². The van der Waals surface area contributed by atoms with E-state index >= 15 is 0 Å². The molecule has 0 spiro atoms. The van der Waals surface area contributed by atoms with Crippen LogP contribution in [0.4, 0.5) is 0 Å². The number of nitrogens with zero attached hydrogens (tertiary/aromatic N) is 1. The first-order valence-corrected chi connectivity index (χ1v) is 1.58. The topological polar surface area (TPSA) is 38.7 Å². The molecule has 0 atom stereocenters. The Morgan fingerprint density at radius 2 is 2.83 bits per heavy atom. The Labute approximate surface area is 34.6 Å². The maximum atomic E-state index is 9.97. The van der Waals surface area contributed by atoms with Crippen LogP contribution >= 0.6 is 0 Å². The van der Waals surface area contributed by atoms with Crippen LogP contribution in [0.15, 0.2) is 5.16 Å². The Balaban J connectivity index is 2.59. The lowest BCUT2D eigenvalue weighted by Crippen LogP contribution is -1.96. The second-order valence-electron chi connectivity index (χ2n) is 0.974. The van der Waals surface area contributed by atoms with Crippen molar-refractivity contribution in [2.24, 2.45) is 5.16 Å². The van der Waals surface area contributed by atoms with Crippen molar-refractivity contribution in [1.29, 1.82) is 0 Å². The number of Topliss-reactive ketones (excluding diaryl/α,β-unsaturated/α-hetero) is 1. The van der Waals surface area contributed by atoms with Crippen molar-refractivity contribution in [1.82, 2.24) is 0 Å². The third kappa shape index (κ3) is 0.381. The van der Waals surface area contributed by atoms with Crippen LogP contribution in [0.25, 0.3) is 0 Å². The molecule has 0 unspecified atom stereocenters. The number of oxime groups is 1. The lowest BCUT2D eigenvalue weighted by Gasteiger charge is -1.75. The lowest BCUT2D eigenvalue weighted by molar-refractivity contribution is -0.114. The number of hydrogen-bond donors (Lipinski definition) is 0. The van der Waals surface area contributed by atoms with E-state index in [1.807, 2.05) is 0 Å². The first-order chi connectivity index (χ1) is 2.89. The molecule has 0 saturated heterocycles. The third-order valence-corrected chi connectivity index (χ3v) is 0.478. The third-order valence-electron chi connectivity index (χ3n) is 0.478. The highest BCUT2D eigenvalue weighted by Crippen LogP contribution is 1.82. The van der Waals surface area contributed by atoms with Crippen LogP contribution in [0, 0.1) is 0 Å². The summed E-state index contributed by atoms with van der Waals surface area (Å²) in [6.07, 6.45) is 1.17. The number of carbonyl (C=O) groups is 1. The molecule has 3 nitrogen and oxygen atoms in total. The van der Waals surface area contributed by atoms with E-state index in [0.29, 0.717) is 0 Å². The van der Waals surface area contributed by atoms with Crippen molar-refractivity contribution in [3.8, 4) is 0 Å². The molecule has 0 aliphatic carbocycles. The summed E-state index contributed by atoms with van der Waals surface area (Å²) in [5.74, 6) is -0.0602. The molecule has 0 aromatic heterocycles. The van der Waals surface area contributed by atoms with Gasteiger partial charge in [0.25, 0.3) is 0 Å². The van der Waals surface area contributed by atoms with E-state index in [1.165, 1.54) is 6.21 Å². The summed E-state index contributed by atoms with van der Waals surface area (Å²) < 4.78 is 0. The molecule has 1 aliphatic rings. The average molecular weight is 85.1 g/mol. The van der Waals surface area contributed by atoms with Crippen LogP contribution in [-0.2, 0) is 9.63 Å². The first kappa shape index (κ1) is 3.33. The molecule has 6 heavy (non-hydrogen) atoms. The summed E-state index contributed by atoms with van der Waals surface area (Å²) >= 11 is 0. The molecular formula is C3H3NO2. The molecule has 32 valence electrons. The fourth-order valence-corrected chi connectivity index (χ4v) is 0.234. The van der Waals surface area contributed by atoms with Crippen molar-refractivity contribution in [3.63, 3.8) is 0 Å². The van der Waals surface area contributed by atoms with Crippen LogP contribution in [0.1, 0.15) is 0 Å². The Bertz CT molecular complexity index is 97.0. The van der Waals surface area contributed by atoms with Gasteiger partial charge in [0.15, 0.2) is 6.61 Å². The predicted octanol–water partition coefficient (Wildman–Crippen LogP) is -0.429. The monoisotopic (exact) mass is 85.0 g/mol. The SMILES string of the molecule is O=C1C=NOC1. The summed E-state index contributed by atoms with van der Waals surface area (Å²) in [6, 6.07) is 0. The maximum Gasteiger partial charge on any atom is 0.217 e. The fourth-order valence-electron chi connectivity index (χ4n) is 0.234. The van der Waals surface area contributed by atoms with E-state index in [9.17, 15) is 4.79 Å². The van der Waals surface area contributed by atoms with E-state index in [4.69, 9.17) is 0 Å². The number of carbonyl (C=O) groups excluding carboxylic acids is 1. The van der Waals surface area contributed by atoms with Gasteiger partial charge in [0.05, 0.1) is 0 Å². The zero-order valence-corrected chi connectivity index (χ0v) is 3.05. The largest absolute Gasteiger partial charge is 0.387 e. The highest BCUT2D eigenvalue weighted by Gasteiger charge is 2.01. The molecular weight excluding hydrogens is 82.0 g/mol. The van der Waals surface area contributed by atoms with Gasteiger partial charge < -0.3 is 4.84 Å². The highest BCUT2D eigenvalue weighted by molar-refractivity contribution is 6.28. The normalized spacial score (nSPS) is 18.3. The van der Waals surface area contributed by atoms with Crippen molar-refractivity contribution >= 4 is 12.0 Å². The van der Waals surface area contributed by atoms with Gasteiger partial charge in [-0.1, -0.05) is 5.16 Å². The summed E-state index contributed by atoms with van der Waals surface area (Å²) in [4.78, 5) is 14.2.